The Hall–Kier alpha value is -2.17. The van der Waals surface area contributed by atoms with Crippen LogP contribution in [0.4, 0.5) is 0 Å². The molecule has 1 unspecified atom stereocenters. The van der Waals surface area contributed by atoms with E-state index in [1.54, 1.807) is 24.3 Å². The van der Waals surface area contributed by atoms with E-state index in [0.29, 0.717) is 18.4 Å². The number of hydrazone groups is 1. The number of carbonyl (C=O) groups is 2. The Bertz CT molecular complexity index is 606. The molecular formula is C17H22N2O3. The van der Waals surface area contributed by atoms with E-state index < -0.39 is 5.41 Å². The van der Waals surface area contributed by atoms with Crippen LogP contribution in [0.25, 0.3) is 0 Å². The average molecular weight is 302 g/mol. The summed E-state index contributed by atoms with van der Waals surface area (Å²) in [5, 5.41) is 15.3. The topological polar surface area (TPSA) is 70.0 Å². The zero-order chi connectivity index (χ0) is 16.3. The van der Waals surface area contributed by atoms with Crippen molar-refractivity contribution >= 4 is 17.9 Å². The number of ketones is 1. The van der Waals surface area contributed by atoms with E-state index in [1.807, 2.05) is 20.8 Å². The van der Waals surface area contributed by atoms with Crippen molar-refractivity contribution in [2.75, 3.05) is 6.54 Å². The van der Waals surface area contributed by atoms with E-state index >= 15 is 0 Å². The van der Waals surface area contributed by atoms with Gasteiger partial charge in [0.2, 0.25) is 0 Å². The molecule has 0 aliphatic carbocycles. The van der Waals surface area contributed by atoms with Crippen LogP contribution >= 0.6 is 0 Å². The van der Waals surface area contributed by atoms with Gasteiger partial charge in [-0.15, -0.1) is 0 Å². The molecule has 1 aliphatic heterocycles. The van der Waals surface area contributed by atoms with Gasteiger partial charge in [-0.1, -0.05) is 32.9 Å². The fourth-order valence-corrected chi connectivity index (χ4v) is 2.98. The van der Waals surface area contributed by atoms with Gasteiger partial charge in [-0.05, 0) is 25.0 Å². The van der Waals surface area contributed by atoms with Crippen LogP contribution in [0.2, 0.25) is 0 Å². The molecule has 1 aromatic rings. The Morgan fingerprint density at radius 3 is 2.55 bits per heavy atom. The Kier molecular flexibility index (Phi) is 4.64. The van der Waals surface area contributed by atoms with E-state index in [1.165, 1.54) is 11.2 Å². The largest absolute Gasteiger partial charge is 0.507 e. The molecular weight excluding hydrogens is 280 g/mol. The highest BCUT2D eigenvalue weighted by Crippen LogP contribution is 2.37. The number of nitrogens with zero attached hydrogens (tertiary/aromatic N) is 2. The molecule has 0 aromatic heterocycles. The summed E-state index contributed by atoms with van der Waals surface area (Å²) in [6, 6.07) is 6.79. The molecule has 1 saturated heterocycles. The first-order chi connectivity index (χ1) is 10.5. The highest BCUT2D eigenvalue weighted by atomic mass is 16.3. The van der Waals surface area contributed by atoms with E-state index in [9.17, 15) is 14.7 Å². The third-order valence-electron chi connectivity index (χ3n) is 4.49. The van der Waals surface area contributed by atoms with Gasteiger partial charge in [-0.3, -0.25) is 9.59 Å². The molecule has 1 heterocycles. The zero-order valence-electron chi connectivity index (χ0n) is 13.2. The smallest absolute Gasteiger partial charge is 0.256 e. The maximum atomic E-state index is 12.7. The number of amides is 1. The number of carbonyl (C=O) groups excluding carboxylic acids is 2. The van der Waals surface area contributed by atoms with Gasteiger partial charge in [0.05, 0.1) is 12.8 Å². The summed E-state index contributed by atoms with van der Waals surface area (Å²) in [7, 11) is 0. The van der Waals surface area contributed by atoms with Crippen LogP contribution in [0.5, 0.6) is 5.75 Å². The number of phenols is 1. The molecule has 118 valence electrons. The van der Waals surface area contributed by atoms with Crippen LogP contribution < -0.4 is 0 Å². The molecule has 1 amide bonds. The van der Waals surface area contributed by atoms with E-state index in [2.05, 4.69) is 5.10 Å². The molecule has 5 nitrogen and oxygen atoms in total. The number of Topliss-reactive ketones (excluding diaryl/α,β-unsaturated/α-hetero) is 1. The molecule has 1 fully saturated rings. The zero-order valence-corrected chi connectivity index (χ0v) is 13.2. The minimum Gasteiger partial charge on any atom is -0.507 e. The van der Waals surface area contributed by atoms with Crippen LogP contribution in [-0.4, -0.2) is 34.6 Å². The predicted molar refractivity (Wildman–Crippen MR) is 84.6 cm³/mol. The third-order valence-corrected chi connectivity index (χ3v) is 4.49. The number of phenolic OH excluding ortho intramolecular Hbond substituents is 1. The van der Waals surface area contributed by atoms with Crippen molar-refractivity contribution in [1.29, 1.82) is 0 Å². The summed E-state index contributed by atoms with van der Waals surface area (Å²) >= 11 is 0. The van der Waals surface area contributed by atoms with Crippen molar-refractivity contribution in [3.8, 4) is 5.75 Å². The third kappa shape index (κ3) is 2.63. The number of hydrogen-bond donors (Lipinski definition) is 1. The average Bonchev–Trinajstić information content (AvgIpc) is 2.52. The summed E-state index contributed by atoms with van der Waals surface area (Å²) < 4.78 is 0. The van der Waals surface area contributed by atoms with Crippen LogP contribution in [-0.2, 0) is 9.59 Å². The molecule has 0 spiro atoms. The molecule has 0 bridgehead atoms. The highest BCUT2D eigenvalue weighted by molar-refractivity contribution is 6.09. The normalized spacial score (nSPS) is 21.6. The lowest BCUT2D eigenvalue weighted by atomic mass is 9.71. The SMILES string of the molecule is CCC1(CC)C(=O)C(C)CN(N=Cc2ccccc2O)C1=O. The number of rotatable bonds is 4. The van der Waals surface area contributed by atoms with E-state index in [-0.39, 0.29) is 29.9 Å². The van der Waals surface area contributed by atoms with Gasteiger partial charge in [0.15, 0.2) is 5.78 Å². The fraction of sp³-hybridized carbons (Fsp3) is 0.471. The van der Waals surface area contributed by atoms with E-state index in [0.717, 1.165) is 0 Å². The van der Waals surface area contributed by atoms with Crippen molar-refractivity contribution in [3.05, 3.63) is 29.8 Å². The lowest BCUT2D eigenvalue weighted by Gasteiger charge is -2.40. The van der Waals surface area contributed by atoms with Gasteiger partial charge in [0.1, 0.15) is 11.2 Å². The lowest BCUT2D eigenvalue weighted by Crippen LogP contribution is -2.55. The maximum absolute atomic E-state index is 12.7. The molecule has 0 radical (unpaired) electrons. The predicted octanol–water partition coefficient (Wildman–Crippen LogP) is 2.58. The Labute approximate surface area is 130 Å². The van der Waals surface area contributed by atoms with Crippen LogP contribution in [0.1, 0.15) is 39.2 Å². The Morgan fingerprint density at radius 2 is 1.95 bits per heavy atom. The Balaban J connectivity index is 2.30. The van der Waals surface area contributed by atoms with Crippen molar-refractivity contribution in [1.82, 2.24) is 5.01 Å². The fourth-order valence-electron chi connectivity index (χ4n) is 2.98. The van der Waals surface area contributed by atoms with Crippen LogP contribution in [0.3, 0.4) is 0 Å². The number of benzene rings is 1. The first-order valence-corrected chi connectivity index (χ1v) is 7.64. The maximum Gasteiger partial charge on any atom is 0.256 e. The summed E-state index contributed by atoms with van der Waals surface area (Å²) in [5.41, 5.74) is -0.424. The molecule has 1 atom stereocenters. The number of piperidine rings is 1. The first kappa shape index (κ1) is 16.2. The standard InChI is InChI=1S/C17H22N2O3/c1-4-17(5-2)15(21)12(3)11-19(16(17)22)18-10-13-8-6-7-9-14(13)20/h6-10,12,20H,4-5,11H2,1-3H3. The van der Waals surface area contributed by atoms with Gasteiger partial charge in [-0.2, -0.15) is 5.10 Å². The van der Waals surface area contributed by atoms with Gasteiger partial charge >= 0.3 is 0 Å². The second kappa shape index (κ2) is 6.30. The number of hydrogen-bond acceptors (Lipinski definition) is 4. The summed E-state index contributed by atoms with van der Waals surface area (Å²) in [5.74, 6) is -0.361. The minimum atomic E-state index is -0.965. The monoisotopic (exact) mass is 302 g/mol. The summed E-state index contributed by atoms with van der Waals surface area (Å²) in [4.78, 5) is 25.2. The van der Waals surface area contributed by atoms with Gasteiger partial charge in [0, 0.05) is 11.5 Å². The molecule has 1 N–H and O–H groups in total. The van der Waals surface area contributed by atoms with Crippen molar-refractivity contribution in [2.24, 2.45) is 16.4 Å². The van der Waals surface area contributed by atoms with Gasteiger partial charge in [-0.25, -0.2) is 5.01 Å². The molecule has 1 aromatic carbocycles. The quantitative estimate of drug-likeness (QED) is 0.686. The van der Waals surface area contributed by atoms with Crippen molar-refractivity contribution < 1.29 is 14.7 Å². The second-order valence-electron chi connectivity index (χ2n) is 5.75. The van der Waals surface area contributed by atoms with Gasteiger partial charge in [0.25, 0.3) is 5.91 Å². The van der Waals surface area contributed by atoms with Crippen LogP contribution in [0.15, 0.2) is 29.4 Å². The molecule has 5 heteroatoms. The molecule has 22 heavy (non-hydrogen) atoms. The van der Waals surface area contributed by atoms with E-state index in [4.69, 9.17) is 0 Å². The van der Waals surface area contributed by atoms with Crippen molar-refractivity contribution in [2.45, 2.75) is 33.6 Å². The van der Waals surface area contributed by atoms with Crippen LogP contribution in [0, 0.1) is 11.3 Å². The summed E-state index contributed by atoms with van der Waals surface area (Å²) in [6.07, 6.45) is 2.42. The minimum absolute atomic E-state index is 0.0107. The molecule has 2 rings (SSSR count). The molecule has 0 saturated carbocycles. The first-order valence-electron chi connectivity index (χ1n) is 7.64. The Morgan fingerprint density at radius 1 is 1.32 bits per heavy atom. The molecule has 1 aliphatic rings. The second-order valence-corrected chi connectivity index (χ2v) is 5.75. The highest BCUT2D eigenvalue weighted by Gasteiger charge is 2.50. The van der Waals surface area contributed by atoms with Crippen molar-refractivity contribution in [3.63, 3.8) is 0 Å². The lowest BCUT2D eigenvalue weighted by molar-refractivity contribution is -0.158. The number of aromatic hydroxyl groups is 1. The summed E-state index contributed by atoms with van der Waals surface area (Å²) in [6.45, 7) is 5.84. The van der Waals surface area contributed by atoms with Gasteiger partial charge < -0.3 is 5.11 Å². The number of para-hydroxylation sites is 1.